The number of benzene rings is 2. The third-order valence-electron chi connectivity index (χ3n) is 3.56. The zero-order chi connectivity index (χ0) is 16.3. The van der Waals surface area contributed by atoms with Crippen molar-refractivity contribution in [1.29, 1.82) is 0 Å². The Morgan fingerprint density at radius 2 is 1.86 bits per heavy atom. The van der Waals surface area contributed by atoms with Crippen molar-refractivity contribution in [1.82, 2.24) is 0 Å². The maximum absolute atomic E-state index is 11.7. The maximum Gasteiger partial charge on any atom is 0.340 e. The van der Waals surface area contributed by atoms with Crippen LogP contribution in [0.5, 0.6) is 11.5 Å². The number of anilines is 1. The molecular formula is C18H21NO3. The largest absolute Gasteiger partial charge is 0.465 e. The summed E-state index contributed by atoms with van der Waals surface area (Å²) in [6, 6.07) is 11.1. The second kappa shape index (κ2) is 6.52. The number of carbonyl (C=O) groups is 1. The molecule has 2 rings (SSSR count). The molecule has 0 saturated heterocycles. The number of para-hydroxylation sites is 1. The fourth-order valence-electron chi connectivity index (χ4n) is 2.19. The molecule has 4 heteroatoms. The minimum absolute atomic E-state index is 0.279. The molecule has 2 aromatic carbocycles. The molecule has 2 N–H and O–H groups in total. The topological polar surface area (TPSA) is 61.5 Å². The van der Waals surface area contributed by atoms with Crippen LogP contribution >= 0.6 is 0 Å². The van der Waals surface area contributed by atoms with Gasteiger partial charge in [0.2, 0.25) is 0 Å². The van der Waals surface area contributed by atoms with E-state index in [2.05, 4.69) is 19.9 Å². The van der Waals surface area contributed by atoms with E-state index in [0.717, 1.165) is 11.3 Å². The lowest BCUT2D eigenvalue weighted by atomic mass is 10.0. The molecular weight excluding hydrogens is 278 g/mol. The van der Waals surface area contributed by atoms with Crippen molar-refractivity contribution in [2.75, 3.05) is 12.8 Å². The summed E-state index contributed by atoms with van der Waals surface area (Å²) < 4.78 is 10.6. The summed E-state index contributed by atoms with van der Waals surface area (Å²) in [4.78, 5) is 11.7. The molecule has 0 heterocycles. The number of esters is 1. The van der Waals surface area contributed by atoms with Crippen LogP contribution < -0.4 is 10.5 Å². The Labute approximate surface area is 130 Å². The zero-order valence-corrected chi connectivity index (χ0v) is 13.3. The van der Waals surface area contributed by atoms with Gasteiger partial charge in [0.05, 0.1) is 18.4 Å². The van der Waals surface area contributed by atoms with Crippen LogP contribution in [-0.2, 0) is 4.74 Å². The highest BCUT2D eigenvalue weighted by Crippen LogP contribution is 2.33. The van der Waals surface area contributed by atoms with E-state index in [1.54, 1.807) is 18.2 Å². The molecule has 4 nitrogen and oxygen atoms in total. The van der Waals surface area contributed by atoms with Crippen molar-refractivity contribution in [2.24, 2.45) is 0 Å². The van der Waals surface area contributed by atoms with Gasteiger partial charge < -0.3 is 15.2 Å². The van der Waals surface area contributed by atoms with Gasteiger partial charge in [0, 0.05) is 0 Å². The summed E-state index contributed by atoms with van der Waals surface area (Å²) in [7, 11) is 1.32. The Hall–Kier alpha value is -2.49. The molecule has 0 saturated carbocycles. The van der Waals surface area contributed by atoms with Gasteiger partial charge in [-0.15, -0.1) is 0 Å². The van der Waals surface area contributed by atoms with E-state index < -0.39 is 5.97 Å². The number of nitrogen functional groups attached to an aromatic ring is 1. The predicted octanol–water partition coefficient (Wildman–Crippen LogP) is 4.28. The summed E-state index contributed by atoms with van der Waals surface area (Å²) in [6.07, 6.45) is 0. The predicted molar refractivity (Wildman–Crippen MR) is 87.5 cm³/mol. The fraction of sp³-hybridized carbons (Fsp3) is 0.278. The summed E-state index contributed by atoms with van der Waals surface area (Å²) in [5.41, 5.74) is 8.86. The van der Waals surface area contributed by atoms with Gasteiger partial charge in [-0.1, -0.05) is 32.0 Å². The van der Waals surface area contributed by atoms with Gasteiger partial charge >= 0.3 is 5.97 Å². The van der Waals surface area contributed by atoms with Crippen LogP contribution in [0.2, 0.25) is 0 Å². The number of carbonyl (C=O) groups excluding carboxylic acids is 1. The van der Waals surface area contributed by atoms with Crippen molar-refractivity contribution in [3.63, 3.8) is 0 Å². The fourth-order valence-corrected chi connectivity index (χ4v) is 2.19. The van der Waals surface area contributed by atoms with Crippen LogP contribution in [-0.4, -0.2) is 13.1 Å². The van der Waals surface area contributed by atoms with Gasteiger partial charge in [-0.2, -0.15) is 0 Å². The average Bonchev–Trinajstić information content (AvgIpc) is 2.50. The van der Waals surface area contributed by atoms with Crippen molar-refractivity contribution in [3.8, 4) is 11.5 Å². The van der Waals surface area contributed by atoms with E-state index in [-0.39, 0.29) is 5.69 Å². The standard InChI is InChI=1S/C18H21NO3/c1-11(2)13-8-9-15(12(3)10-13)22-16-7-5-6-14(17(16)19)18(20)21-4/h5-11H,19H2,1-4H3. The number of nitrogens with two attached hydrogens (primary N) is 1. The van der Waals surface area contributed by atoms with Crippen LogP contribution in [0.3, 0.4) is 0 Å². The number of rotatable bonds is 4. The first-order valence-corrected chi connectivity index (χ1v) is 7.19. The average molecular weight is 299 g/mol. The van der Waals surface area contributed by atoms with Gasteiger partial charge in [0.25, 0.3) is 0 Å². The monoisotopic (exact) mass is 299 g/mol. The molecule has 0 aliphatic heterocycles. The normalized spacial score (nSPS) is 10.6. The Morgan fingerprint density at radius 1 is 1.14 bits per heavy atom. The number of aryl methyl sites for hydroxylation is 1. The first-order valence-electron chi connectivity index (χ1n) is 7.19. The second-order valence-electron chi connectivity index (χ2n) is 5.49. The highest BCUT2D eigenvalue weighted by atomic mass is 16.5. The molecule has 0 aromatic heterocycles. The van der Waals surface area contributed by atoms with Crippen LogP contribution in [0, 0.1) is 6.92 Å². The van der Waals surface area contributed by atoms with Gasteiger partial charge in [-0.05, 0) is 42.2 Å². The SMILES string of the molecule is COC(=O)c1cccc(Oc2ccc(C(C)C)cc2C)c1N. The van der Waals surface area contributed by atoms with Gasteiger partial charge in [-0.3, -0.25) is 0 Å². The molecule has 116 valence electrons. The van der Waals surface area contributed by atoms with Crippen molar-refractivity contribution in [2.45, 2.75) is 26.7 Å². The second-order valence-corrected chi connectivity index (χ2v) is 5.49. The van der Waals surface area contributed by atoms with E-state index in [1.165, 1.54) is 12.7 Å². The summed E-state index contributed by atoms with van der Waals surface area (Å²) >= 11 is 0. The lowest BCUT2D eigenvalue weighted by Crippen LogP contribution is -2.06. The molecule has 0 bridgehead atoms. The molecule has 0 aliphatic carbocycles. The first-order chi connectivity index (χ1) is 10.4. The molecule has 0 unspecified atom stereocenters. The molecule has 0 atom stereocenters. The van der Waals surface area contributed by atoms with Crippen LogP contribution in [0.25, 0.3) is 0 Å². The quantitative estimate of drug-likeness (QED) is 0.676. The summed E-state index contributed by atoms with van der Waals surface area (Å²) in [5, 5.41) is 0. The van der Waals surface area contributed by atoms with Gasteiger partial charge in [0.1, 0.15) is 5.75 Å². The van der Waals surface area contributed by atoms with Crippen LogP contribution in [0.1, 0.15) is 41.3 Å². The number of methoxy groups -OCH3 is 1. The van der Waals surface area contributed by atoms with E-state index >= 15 is 0 Å². The van der Waals surface area contributed by atoms with Crippen LogP contribution in [0.4, 0.5) is 5.69 Å². The van der Waals surface area contributed by atoms with E-state index in [9.17, 15) is 4.79 Å². The van der Waals surface area contributed by atoms with Crippen molar-refractivity contribution >= 4 is 11.7 Å². The molecule has 0 radical (unpaired) electrons. The zero-order valence-electron chi connectivity index (χ0n) is 13.3. The molecule has 0 fully saturated rings. The lowest BCUT2D eigenvalue weighted by Gasteiger charge is -2.14. The van der Waals surface area contributed by atoms with E-state index in [1.807, 2.05) is 19.1 Å². The Kier molecular flexibility index (Phi) is 4.71. The number of ether oxygens (including phenoxy) is 2. The highest BCUT2D eigenvalue weighted by molar-refractivity contribution is 5.96. The van der Waals surface area contributed by atoms with E-state index in [4.69, 9.17) is 15.2 Å². The molecule has 0 amide bonds. The minimum atomic E-state index is -0.477. The lowest BCUT2D eigenvalue weighted by molar-refractivity contribution is 0.0601. The molecule has 22 heavy (non-hydrogen) atoms. The number of hydrogen-bond donors (Lipinski definition) is 1. The molecule has 0 spiro atoms. The van der Waals surface area contributed by atoms with Crippen molar-refractivity contribution < 1.29 is 14.3 Å². The van der Waals surface area contributed by atoms with Gasteiger partial charge in [0.15, 0.2) is 5.75 Å². The maximum atomic E-state index is 11.7. The Morgan fingerprint density at radius 3 is 2.45 bits per heavy atom. The smallest absolute Gasteiger partial charge is 0.340 e. The third kappa shape index (κ3) is 3.22. The first kappa shape index (κ1) is 15.9. The summed E-state index contributed by atoms with van der Waals surface area (Å²) in [5.74, 6) is 1.15. The van der Waals surface area contributed by atoms with Gasteiger partial charge in [-0.25, -0.2) is 4.79 Å². The number of hydrogen-bond acceptors (Lipinski definition) is 4. The highest BCUT2D eigenvalue weighted by Gasteiger charge is 2.15. The molecule has 2 aromatic rings. The summed E-state index contributed by atoms with van der Waals surface area (Å²) in [6.45, 7) is 6.28. The van der Waals surface area contributed by atoms with Crippen molar-refractivity contribution in [3.05, 3.63) is 53.1 Å². The third-order valence-corrected chi connectivity index (χ3v) is 3.56. The molecule has 0 aliphatic rings. The Balaban J connectivity index is 2.34. The minimum Gasteiger partial charge on any atom is -0.465 e. The van der Waals surface area contributed by atoms with E-state index in [0.29, 0.717) is 17.2 Å². The van der Waals surface area contributed by atoms with Crippen LogP contribution in [0.15, 0.2) is 36.4 Å². The Bertz CT molecular complexity index is 693.